The fourth-order valence-electron chi connectivity index (χ4n) is 1.82. The summed E-state index contributed by atoms with van der Waals surface area (Å²) in [5.74, 6) is 0. The first-order valence-corrected chi connectivity index (χ1v) is 6.73. The van der Waals surface area contributed by atoms with Crippen LogP contribution in [0.1, 0.15) is 11.1 Å². The van der Waals surface area contributed by atoms with Crippen LogP contribution in [0.25, 0.3) is 0 Å². The predicted molar refractivity (Wildman–Crippen MR) is 73.0 cm³/mol. The minimum absolute atomic E-state index is 0.0131. The van der Waals surface area contributed by atoms with Gasteiger partial charge in [0, 0.05) is 10.6 Å². The van der Waals surface area contributed by atoms with Gasteiger partial charge in [-0.2, -0.15) is 28.8 Å². The van der Waals surface area contributed by atoms with Crippen LogP contribution in [0.15, 0.2) is 39.0 Å². The third kappa shape index (κ3) is 2.66. The highest BCUT2D eigenvalue weighted by Gasteiger charge is 2.42. The summed E-state index contributed by atoms with van der Waals surface area (Å²) in [6, 6.07) is 4.29. The van der Waals surface area contributed by atoms with Crippen molar-refractivity contribution in [3.8, 4) is 11.5 Å². The van der Waals surface area contributed by atoms with Gasteiger partial charge in [-0.25, -0.2) is 0 Å². The molecule has 5 nitrogen and oxygen atoms in total. The van der Waals surface area contributed by atoms with Crippen molar-refractivity contribution in [1.29, 1.82) is 10.5 Å². The van der Waals surface area contributed by atoms with Crippen molar-refractivity contribution >= 4 is 23.4 Å². The van der Waals surface area contributed by atoms with Crippen LogP contribution in [0.5, 0.6) is 0 Å². The number of alkyl halides is 3. The number of thiocyanates is 1. The number of nitrogens with two attached hydrogens (primary N) is 1. The van der Waals surface area contributed by atoms with Crippen LogP contribution in [0.2, 0.25) is 5.02 Å². The van der Waals surface area contributed by atoms with E-state index in [1.165, 1.54) is 0 Å². The second-order valence-corrected chi connectivity index (χ2v) is 5.34. The molecule has 112 valence electrons. The maximum atomic E-state index is 12.7. The molecular formula is C12H5ClF3N5S. The second kappa shape index (κ2) is 5.61. The number of rotatable bonds is 2. The Balaban J connectivity index is 2.57. The summed E-state index contributed by atoms with van der Waals surface area (Å²) in [6.45, 7) is 0. The minimum Gasteiger partial charge on any atom is -0.297 e. The normalized spacial score (nSPS) is 20.9. The van der Waals surface area contributed by atoms with Crippen molar-refractivity contribution in [2.24, 2.45) is 16.0 Å². The molecule has 0 amide bonds. The quantitative estimate of drug-likeness (QED) is 0.823. The zero-order chi connectivity index (χ0) is 16.5. The first-order chi connectivity index (χ1) is 10.2. The van der Waals surface area contributed by atoms with Gasteiger partial charge in [-0.3, -0.25) is 5.73 Å². The standard InChI is InChI=1S/C12H5ClF3N5S/c13-8-3-6(12(14,15)16)1-2-7(8)11(19)10(22-5-18)9(4-17)20-21-11/h1-3H,19H2. The van der Waals surface area contributed by atoms with Gasteiger partial charge in [0.25, 0.3) is 0 Å². The summed E-state index contributed by atoms with van der Waals surface area (Å²) in [4.78, 5) is 0.0131. The van der Waals surface area contributed by atoms with Crippen LogP contribution in [0.3, 0.4) is 0 Å². The molecule has 2 rings (SSSR count). The van der Waals surface area contributed by atoms with Crippen LogP contribution < -0.4 is 5.73 Å². The lowest BCUT2D eigenvalue weighted by atomic mass is 9.98. The number of nitrogens with zero attached hydrogens (tertiary/aromatic N) is 4. The Morgan fingerprint density at radius 2 is 2.00 bits per heavy atom. The molecule has 2 N–H and O–H groups in total. The summed E-state index contributed by atoms with van der Waals surface area (Å²) >= 11 is 6.44. The SMILES string of the molecule is N#CSC1=C(C#N)N=NC1(N)c1ccc(C(F)(F)F)cc1Cl. The van der Waals surface area contributed by atoms with Gasteiger partial charge >= 0.3 is 6.18 Å². The van der Waals surface area contributed by atoms with Crippen LogP contribution >= 0.6 is 23.4 Å². The smallest absolute Gasteiger partial charge is 0.297 e. The number of benzene rings is 1. The van der Waals surface area contributed by atoms with E-state index in [1.54, 1.807) is 11.5 Å². The first-order valence-electron chi connectivity index (χ1n) is 5.54. The van der Waals surface area contributed by atoms with E-state index in [2.05, 4.69) is 10.2 Å². The average molecular weight is 344 g/mol. The lowest BCUT2D eigenvalue weighted by Gasteiger charge is -2.23. The monoisotopic (exact) mass is 343 g/mol. The summed E-state index contributed by atoms with van der Waals surface area (Å²) < 4.78 is 38.0. The lowest BCUT2D eigenvalue weighted by molar-refractivity contribution is -0.137. The zero-order valence-corrected chi connectivity index (χ0v) is 12.1. The van der Waals surface area contributed by atoms with E-state index >= 15 is 0 Å². The van der Waals surface area contributed by atoms with Crippen LogP contribution in [-0.2, 0) is 11.8 Å². The van der Waals surface area contributed by atoms with Gasteiger partial charge in [-0.05, 0) is 23.9 Å². The van der Waals surface area contributed by atoms with E-state index in [0.717, 1.165) is 12.1 Å². The Labute approximate surface area is 131 Å². The minimum atomic E-state index is -4.56. The maximum absolute atomic E-state index is 12.7. The van der Waals surface area contributed by atoms with Crippen molar-refractivity contribution < 1.29 is 13.2 Å². The molecule has 0 saturated heterocycles. The van der Waals surface area contributed by atoms with Gasteiger partial charge in [0.15, 0.2) is 11.4 Å². The summed E-state index contributed by atoms with van der Waals surface area (Å²) in [5.41, 5.74) is 3.17. The molecule has 1 atom stereocenters. The van der Waals surface area contributed by atoms with Crippen LogP contribution in [0, 0.1) is 22.0 Å². The van der Waals surface area contributed by atoms with E-state index in [0.29, 0.717) is 17.8 Å². The average Bonchev–Trinajstić information content (AvgIpc) is 2.76. The second-order valence-electron chi connectivity index (χ2n) is 4.14. The van der Waals surface area contributed by atoms with Gasteiger partial charge in [0.2, 0.25) is 0 Å². The molecule has 0 saturated carbocycles. The van der Waals surface area contributed by atoms with E-state index in [-0.39, 0.29) is 21.2 Å². The van der Waals surface area contributed by atoms with Crippen molar-refractivity contribution in [2.75, 3.05) is 0 Å². The molecule has 0 aliphatic carbocycles. The topological polar surface area (TPSA) is 98.3 Å². The number of hydrogen-bond donors (Lipinski definition) is 1. The van der Waals surface area contributed by atoms with E-state index < -0.39 is 17.4 Å². The highest BCUT2D eigenvalue weighted by molar-refractivity contribution is 8.07. The van der Waals surface area contributed by atoms with E-state index in [4.69, 9.17) is 27.9 Å². The summed E-state index contributed by atoms with van der Waals surface area (Å²) in [7, 11) is 0. The Kier molecular flexibility index (Phi) is 4.16. The zero-order valence-electron chi connectivity index (χ0n) is 10.5. The van der Waals surface area contributed by atoms with Crippen molar-refractivity contribution in [3.05, 3.63) is 45.0 Å². The van der Waals surface area contributed by atoms with Crippen LogP contribution in [0.4, 0.5) is 13.2 Å². The van der Waals surface area contributed by atoms with Crippen molar-refractivity contribution in [3.63, 3.8) is 0 Å². The molecule has 1 aliphatic rings. The Morgan fingerprint density at radius 3 is 2.50 bits per heavy atom. The van der Waals surface area contributed by atoms with E-state index in [1.807, 2.05) is 0 Å². The predicted octanol–water partition coefficient (Wildman–Crippen LogP) is 3.89. The number of hydrogen-bond acceptors (Lipinski definition) is 6. The number of nitriles is 2. The first kappa shape index (κ1) is 16.3. The number of azo groups is 1. The molecule has 0 spiro atoms. The number of allylic oxidation sites excluding steroid dienone is 1. The molecule has 1 heterocycles. The van der Waals surface area contributed by atoms with Crippen molar-refractivity contribution in [1.82, 2.24) is 0 Å². The van der Waals surface area contributed by atoms with Gasteiger partial charge < -0.3 is 0 Å². The maximum Gasteiger partial charge on any atom is 0.416 e. The van der Waals surface area contributed by atoms with Crippen LogP contribution in [-0.4, -0.2) is 0 Å². The molecule has 10 heteroatoms. The molecule has 0 aromatic heterocycles. The van der Waals surface area contributed by atoms with Gasteiger partial charge in [-0.15, -0.1) is 5.11 Å². The fourth-order valence-corrected chi connectivity index (χ4v) is 2.73. The number of thioether (sulfide) groups is 1. The largest absolute Gasteiger partial charge is 0.416 e. The molecular weight excluding hydrogens is 339 g/mol. The molecule has 0 bridgehead atoms. The van der Waals surface area contributed by atoms with Crippen molar-refractivity contribution in [2.45, 2.75) is 11.8 Å². The highest BCUT2D eigenvalue weighted by Crippen LogP contribution is 2.45. The summed E-state index contributed by atoms with van der Waals surface area (Å²) in [6.07, 6.45) is -4.56. The third-order valence-electron chi connectivity index (χ3n) is 2.83. The van der Waals surface area contributed by atoms with E-state index in [9.17, 15) is 13.2 Å². The summed E-state index contributed by atoms with van der Waals surface area (Å²) in [5, 5.41) is 26.5. The Hall–Kier alpha value is -2.07. The highest BCUT2D eigenvalue weighted by atomic mass is 35.5. The van der Waals surface area contributed by atoms with Gasteiger partial charge in [0.1, 0.15) is 11.5 Å². The molecule has 1 aromatic carbocycles. The molecule has 0 fully saturated rings. The molecule has 22 heavy (non-hydrogen) atoms. The molecule has 1 unspecified atom stereocenters. The lowest BCUT2D eigenvalue weighted by Crippen LogP contribution is -2.34. The fraction of sp³-hybridized carbons (Fsp3) is 0.167. The Morgan fingerprint density at radius 1 is 1.32 bits per heavy atom. The third-order valence-corrected chi connectivity index (χ3v) is 3.94. The van der Waals surface area contributed by atoms with Gasteiger partial charge in [0.05, 0.1) is 10.5 Å². The molecule has 0 radical (unpaired) electrons. The number of halogens is 4. The molecule has 1 aromatic rings. The Bertz CT molecular complexity index is 774. The molecule has 1 aliphatic heterocycles. The van der Waals surface area contributed by atoms with Gasteiger partial charge in [-0.1, -0.05) is 17.7 Å².